The first-order valence-electron chi connectivity index (χ1n) is 6.23. The second-order valence-corrected chi connectivity index (χ2v) is 6.16. The maximum Gasteiger partial charge on any atom is 0.178 e. The van der Waals surface area contributed by atoms with Crippen molar-refractivity contribution in [3.05, 3.63) is 50.4 Å². The van der Waals surface area contributed by atoms with Crippen LogP contribution >= 0.6 is 23.6 Å². The molecule has 0 atom stereocenters. The Morgan fingerprint density at radius 3 is 2.70 bits per heavy atom. The van der Waals surface area contributed by atoms with Crippen molar-refractivity contribution < 1.29 is 8.78 Å². The number of H-pyrrole nitrogens is 1. The molecular formula is C14H12F2N2S2. The Labute approximate surface area is 123 Å². The molecule has 0 unspecified atom stereocenters. The lowest BCUT2D eigenvalue weighted by atomic mass is 10.3. The van der Waals surface area contributed by atoms with Gasteiger partial charge in [0.25, 0.3) is 0 Å². The third kappa shape index (κ3) is 2.29. The van der Waals surface area contributed by atoms with Gasteiger partial charge >= 0.3 is 0 Å². The largest absolute Gasteiger partial charge is 0.328 e. The molecule has 1 N–H and O–H groups in total. The second-order valence-electron chi connectivity index (χ2n) is 4.52. The number of hydrogen-bond acceptors (Lipinski definition) is 2. The molecule has 20 heavy (non-hydrogen) atoms. The van der Waals surface area contributed by atoms with E-state index in [2.05, 4.69) is 18.0 Å². The molecule has 0 spiro atoms. The average Bonchev–Trinajstić information content (AvgIpc) is 2.97. The predicted molar refractivity (Wildman–Crippen MR) is 79.8 cm³/mol. The third-order valence-electron chi connectivity index (χ3n) is 3.18. The molecule has 2 heterocycles. The molecule has 0 fully saturated rings. The van der Waals surface area contributed by atoms with Gasteiger partial charge in [0.2, 0.25) is 0 Å². The standard InChI is InChI=1S/C14H12F2N2S2/c1-2-9-3-4-10(20-9)7-18-12-6-8(15)5-11(16)13(12)17-14(18)19/h3-6H,2,7H2,1H3,(H,17,19). The zero-order valence-corrected chi connectivity index (χ0v) is 12.4. The van der Waals surface area contributed by atoms with E-state index in [-0.39, 0.29) is 5.52 Å². The number of aromatic amines is 1. The van der Waals surface area contributed by atoms with Crippen LogP contribution in [0.25, 0.3) is 11.0 Å². The summed E-state index contributed by atoms with van der Waals surface area (Å²) in [7, 11) is 0. The van der Waals surface area contributed by atoms with Gasteiger partial charge in [-0.25, -0.2) is 8.78 Å². The Kier molecular flexibility index (Phi) is 3.43. The van der Waals surface area contributed by atoms with Crippen LogP contribution in [0.2, 0.25) is 0 Å². The van der Waals surface area contributed by atoms with Gasteiger partial charge < -0.3 is 9.55 Å². The number of fused-ring (bicyclic) bond motifs is 1. The van der Waals surface area contributed by atoms with Gasteiger partial charge in [-0.05, 0) is 36.8 Å². The SMILES string of the molecule is CCc1ccc(Cn2c(=S)[nH]c3c(F)cc(F)cc32)s1. The maximum atomic E-state index is 13.7. The fraction of sp³-hybridized carbons (Fsp3) is 0.214. The van der Waals surface area contributed by atoms with Crippen LogP contribution in [0.5, 0.6) is 0 Å². The van der Waals surface area contributed by atoms with Crippen LogP contribution in [-0.2, 0) is 13.0 Å². The first-order valence-corrected chi connectivity index (χ1v) is 7.46. The number of benzene rings is 1. The summed E-state index contributed by atoms with van der Waals surface area (Å²) in [4.78, 5) is 5.20. The minimum Gasteiger partial charge on any atom is -0.328 e. The van der Waals surface area contributed by atoms with Crippen LogP contribution in [0.3, 0.4) is 0 Å². The summed E-state index contributed by atoms with van der Waals surface area (Å²) in [6, 6.07) is 6.26. The number of aromatic nitrogens is 2. The van der Waals surface area contributed by atoms with Gasteiger partial charge in [-0.2, -0.15) is 0 Å². The lowest BCUT2D eigenvalue weighted by molar-refractivity contribution is 0.590. The van der Waals surface area contributed by atoms with E-state index < -0.39 is 11.6 Å². The van der Waals surface area contributed by atoms with Crippen molar-refractivity contribution in [2.75, 3.05) is 0 Å². The van der Waals surface area contributed by atoms with Gasteiger partial charge in [-0.1, -0.05) is 6.92 Å². The average molecular weight is 310 g/mol. The van der Waals surface area contributed by atoms with Gasteiger partial charge in [0.1, 0.15) is 11.3 Å². The highest BCUT2D eigenvalue weighted by Gasteiger charge is 2.12. The van der Waals surface area contributed by atoms with E-state index in [0.717, 1.165) is 17.4 Å². The smallest absolute Gasteiger partial charge is 0.178 e. The van der Waals surface area contributed by atoms with E-state index in [1.165, 1.54) is 10.9 Å². The Hall–Kier alpha value is -1.53. The van der Waals surface area contributed by atoms with E-state index in [1.54, 1.807) is 15.9 Å². The van der Waals surface area contributed by atoms with Crippen LogP contribution in [0.15, 0.2) is 24.3 Å². The second kappa shape index (κ2) is 5.10. The number of imidazole rings is 1. The highest BCUT2D eigenvalue weighted by Crippen LogP contribution is 2.23. The topological polar surface area (TPSA) is 20.7 Å². The molecule has 1 aromatic carbocycles. The first kappa shape index (κ1) is 13.5. The molecule has 0 bridgehead atoms. The number of rotatable bonds is 3. The van der Waals surface area contributed by atoms with E-state index in [0.29, 0.717) is 16.8 Å². The third-order valence-corrected chi connectivity index (χ3v) is 4.72. The molecule has 0 aliphatic rings. The summed E-state index contributed by atoms with van der Waals surface area (Å²) in [6.07, 6.45) is 0.979. The molecule has 0 aliphatic carbocycles. The molecule has 2 nitrogen and oxygen atoms in total. The minimum atomic E-state index is -0.620. The lowest BCUT2D eigenvalue weighted by Gasteiger charge is -2.02. The summed E-state index contributed by atoms with van der Waals surface area (Å²) in [6.45, 7) is 2.62. The molecule has 0 aliphatic heterocycles. The van der Waals surface area contributed by atoms with Gasteiger partial charge in [-0.15, -0.1) is 11.3 Å². The zero-order valence-electron chi connectivity index (χ0n) is 10.7. The molecule has 3 rings (SSSR count). The van der Waals surface area contributed by atoms with E-state index in [1.807, 2.05) is 6.07 Å². The van der Waals surface area contributed by atoms with Crippen molar-refractivity contribution in [1.29, 1.82) is 0 Å². The van der Waals surface area contributed by atoms with E-state index >= 15 is 0 Å². The molecule has 0 amide bonds. The molecule has 2 aromatic heterocycles. The number of thiophene rings is 1. The van der Waals surface area contributed by atoms with Crippen molar-refractivity contribution in [2.24, 2.45) is 0 Å². The number of nitrogens with zero attached hydrogens (tertiary/aromatic N) is 1. The van der Waals surface area contributed by atoms with Crippen molar-refractivity contribution >= 4 is 34.6 Å². The van der Waals surface area contributed by atoms with E-state index in [4.69, 9.17) is 12.2 Å². The van der Waals surface area contributed by atoms with Crippen LogP contribution in [0, 0.1) is 16.4 Å². The fourth-order valence-corrected chi connectivity index (χ4v) is 3.40. The highest BCUT2D eigenvalue weighted by atomic mass is 32.1. The molecular weight excluding hydrogens is 298 g/mol. The Morgan fingerprint density at radius 2 is 2.00 bits per heavy atom. The summed E-state index contributed by atoms with van der Waals surface area (Å²) < 4.78 is 29.2. The number of aryl methyl sites for hydroxylation is 1. The monoisotopic (exact) mass is 310 g/mol. The number of hydrogen-bond donors (Lipinski definition) is 1. The molecule has 0 saturated heterocycles. The van der Waals surface area contributed by atoms with Gasteiger partial charge in [0.15, 0.2) is 10.6 Å². The Bertz CT molecular complexity index is 829. The summed E-state index contributed by atoms with van der Waals surface area (Å²) in [5, 5.41) is 0. The minimum absolute atomic E-state index is 0.253. The lowest BCUT2D eigenvalue weighted by Crippen LogP contribution is -1.98. The highest BCUT2D eigenvalue weighted by molar-refractivity contribution is 7.71. The quantitative estimate of drug-likeness (QED) is 0.698. The maximum absolute atomic E-state index is 13.7. The zero-order chi connectivity index (χ0) is 14.3. The van der Waals surface area contributed by atoms with Crippen LogP contribution in [0.1, 0.15) is 16.7 Å². The fourth-order valence-electron chi connectivity index (χ4n) is 2.19. The molecule has 6 heteroatoms. The number of halogens is 2. The molecule has 3 aromatic rings. The normalized spacial score (nSPS) is 11.3. The molecule has 104 valence electrons. The molecule has 0 saturated carbocycles. The Morgan fingerprint density at radius 1 is 1.25 bits per heavy atom. The van der Waals surface area contributed by atoms with Gasteiger partial charge in [0, 0.05) is 15.8 Å². The van der Waals surface area contributed by atoms with Crippen LogP contribution < -0.4 is 0 Å². The summed E-state index contributed by atoms with van der Waals surface area (Å²) >= 11 is 6.90. The molecule has 0 radical (unpaired) electrons. The van der Waals surface area contributed by atoms with Gasteiger partial charge in [0.05, 0.1) is 12.1 Å². The van der Waals surface area contributed by atoms with Crippen LogP contribution in [-0.4, -0.2) is 9.55 Å². The van der Waals surface area contributed by atoms with Crippen molar-refractivity contribution in [1.82, 2.24) is 9.55 Å². The number of nitrogens with one attached hydrogen (secondary N) is 1. The Balaban J connectivity index is 2.11. The predicted octanol–water partition coefficient (Wildman–Crippen LogP) is 4.65. The van der Waals surface area contributed by atoms with Gasteiger partial charge in [-0.3, -0.25) is 0 Å². The van der Waals surface area contributed by atoms with E-state index in [9.17, 15) is 8.78 Å². The summed E-state index contributed by atoms with van der Waals surface area (Å²) in [5.74, 6) is -1.22. The van der Waals surface area contributed by atoms with Crippen molar-refractivity contribution in [3.63, 3.8) is 0 Å². The van der Waals surface area contributed by atoms with Crippen molar-refractivity contribution in [2.45, 2.75) is 19.9 Å². The van der Waals surface area contributed by atoms with Crippen molar-refractivity contribution in [3.8, 4) is 0 Å². The first-order chi connectivity index (χ1) is 9.58. The summed E-state index contributed by atoms with van der Waals surface area (Å²) in [5.41, 5.74) is 0.711. The van der Waals surface area contributed by atoms with Crippen LogP contribution in [0.4, 0.5) is 8.78 Å².